The maximum Gasteiger partial charge on any atom is 0.254 e. The van der Waals surface area contributed by atoms with Gasteiger partial charge in [-0.1, -0.05) is 25.1 Å². The van der Waals surface area contributed by atoms with Crippen molar-refractivity contribution >= 4 is 17.5 Å². The van der Waals surface area contributed by atoms with E-state index in [1.807, 2.05) is 38.1 Å². The predicted molar refractivity (Wildman–Crippen MR) is 97.7 cm³/mol. The molecule has 0 aliphatic carbocycles. The molecule has 25 heavy (non-hydrogen) atoms. The Labute approximate surface area is 147 Å². The standard InChI is InChI=1S/C19H23N3O3/c1-4-10-22(19(25)15-9-11-21(3)18(24)12-15)13-17(23)20-16-8-6-5-7-14(16)2/h5-9,11-12H,4,10,13H2,1-3H3,(H,20,23). The van der Waals surface area contributed by atoms with Gasteiger partial charge >= 0.3 is 0 Å². The van der Waals surface area contributed by atoms with Gasteiger partial charge in [0.25, 0.3) is 11.5 Å². The maximum atomic E-state index is 12.7. The quantitative estimate of drug-likeness (QED) is 0.875. The largest absolute Gasteiger partial charge is 0.329 e. The molecule has 6 heteroatoms. The van der Waals surface area contributed by atoms with Gasteiger partial charge in [0.2, 0.25) is 5.91 Å². The number of hydrogen-bond donors (Lipinski definition) is 1. The van der Waals surface area contributed by atoms with E-state index in [1.54, 1.807) is 19.3 Å². The number of aromatic nitrogens is 1. The fourth-order valence-electron chi connectivity index (χ4n) is 2.46. The molecular weight excluding hydrogens is 318 g/mol. The summed E-state index contributed by atoms with van der Waals surface area (Å²) in [6, 6.07) is 10.4. The second-order valence-electron chi connectivity index (χ2n) is 5.95. The van der Waals surface area contributed by atoms with Crippen molar-refractivity contribution < 1.29 is 9.59 Å². The second-order valence-corrected chi connectivity index (χ2v) is 5.95. The molecule has 2 aromatic rings. The Morgan fingerprint density at radius 2 is 1.92 bits per heavy atom. The van der Waals surface area contributed by atoms with E-state index in [-0.39, 0.29) is 23.9 Å². The van der Waals surface area contributed by atoms with Crippen LogP contribution in [0.3, 0.4) is 0 Å². The lowest BCUT2D eigenvalue weighted by Gasteiger charge is -2.22. The van der Waals surface area contributed by atoms with Crippen molar-refractivity contribution in [3.05, 3.63) is 64.1 Å². The average Bonchev–Trinajstić information content (AvgIpc) is 2.58. The molecule has 0 saturated carbocycles. The zero-order chi connectivity index (χ0) is 18.4. The van der Waals surface area contributed by atoms with Crippen molar-refractivity contribution in [3.8, 4) is 0 Å². The van der Waals surface area contributed by atoms with Crippen LogP contribution >= 0.6 is 0 Å². The molecule has 1 heterocycles. The lowest BCUT2D eigenvalue weighted by atomic mass is 10.2. The Morgan fingerprint density at radius 3 is 2.56 bits per heavy atom. The normalized spacial score (nSPS) is 10.4. The number of nitrogens with one attached hydrogen (secondary N) is 1. The van der Waals surface area contributed by atoms with Crippen LogP contribution in [0.5, 0.6) is 0 Å². The molecule has 0 radical (unpaired) electrons. The van der Waals surface area contributed by atoms with Crippen molar-refractivity contribution in [1.82, 2.24) is 9.47 Å². The fraction of sp³-hybridized carbons (Fsp3) is 0.316. The Balaban J connectivity index is 2.12. The van der Waals surface area contributed by atoms with Crippen molar-refractivity contribution in [2.45, 2.75) is 20.3 Å². The van der Waals surface area contributed by atoms with E-state index in [0.717, 1.165) is 11.3 Å². The first kappa shape index (κ1) is 18.4. The summed E-state index contributed by atoms with van der Waals surface area (Å²) in [5, 5.41) is 2.83. The van der Waals surface area contributed by atoms with Gasteiger partial charge in [0.05, 0.1) is 0 Å². The summed E-state index contributed by atoms with van der Waals surface area (Å²) in [4.78, 5) is 38.2. The van der Waals surface area contributed by atoms with Crippen LogP contribution < -0.4 is 10.9 Å². The third kappa shape index (κ3) is 4.79. The van der Waals surface area contributed by atoms with Gasteiger partial charge in [0.1, 0.15) is 6.54 Å². The molecule has 6 nitrogen and oxygen atoms in total. The number of carbonyl (C=O) groups is 2. The number of para-hydroxylation sites is 1. The van der Waals surface area contributed by atoms with Gasteiger partial charge in [-0.15, -0.1) is 0 Å². The molecule has 1 aromatic heterocycles. The summed E-state index contributed by atoms with van der Waals surface area (Å²) in [6.45, 7) is 4.22. The van der Waals surface area contributed by atoms with Crippen LogP contribution in [0.2, 0.25) is 0 Å². The van der Waals surface area contributed by atoms with Crippen LogP contribution in [0.25, 0.3) is 0 Å². The summed E-state index contributed by atoms with van der Waals surface area (Å²) >= 11 is 0. The number of benzene rings is 1. The van der Waals surface area contributed by atoms with Crippen LogP contribution in [0.15, 0.2) is 47.4 Å². The van der Waals surface area contributed by atoms with E-state index in [9.17, 15) is 14.4 Å². The summed E-state index contributed by atoms with van der Waals surface area (Å²) in [7, 11) is 1.62. The van der Waals surface area contributed by atoms with E-state index < -0.39 is 0 Å². The SMILES string of the molecule is CCCN(CC(=O)Nc1ccccc1C)C(=O)c1ccn(C)c(=O)c1. The highest BCUT2D eigenvalue weighted by Gasteiger charge is 2.19. The minimum Gasteiger partial charge on any atom is -0.329 e. The van der Waals surface area contributed by atoms with Gasteiger partial charge < -0.3 is 14.8 Å². The third-order valence-electron chi connectivity index (χ3n) is 3.89. The van der Waals surface area contributed by atoms with Crippen molar-refractivity contribution in [2.75, 3.05) is 18.4 Å². The molecule has 0 atom stereocenters. The minimum atomic E-state index is -0.320. The van der Waals surface area contributed by atoms with Gasteiger partial charge in [-0.2, -0.15) is 0 Å². The summed E-state index contributed by atoms with van der Waals surface area (Å²) in [6.07, 6.45) is 2.27. The molecule has 0 spiro atoms. The molecule has 1 N–H and O–H groups in total. The first-order chi connectivity index (χ1) is 11.9. The Bertz CT molecular complexity index is 827. The summed E-state index contributed by atoms with van der Waals surface area (Å²) < 4.78 is 1.39. The maximum absolute atomic E-state index is 12.7. The lowest BCUT2D eigenvalue weighted by Crippen LogP contribution is -2.39. The topological polar surface area (TPSA) is 71.4 Å². The van der Waals surface area contributed by atoms with Crippen molar-refractivity contribution in [2.24, 2.45) is 7.05 Å². The van der Waals surface area contributed by atoms with Gasteiger partial charge in [0.15, 0.2) is 0 Å². The summed E-state index contributed by atoms with van der Waals surface area (Å²) in [5.74, 6) is -0.584. The van der Waals surface area contributed by atoms with Gasteiger partial charge in [-0.05, 0) is 31.0 Å². The number of aryl methyl sites for hydroxylation is 2. The molecule has 0 fully saturated rings. The van der Waals surface area contributed by atoms with Crippen molar-refractivity contribution in [1.29, 1.82) is 0 Å². The van der Waals surface area contributed by atoms with Gasteiger partial charge in [-0.3, -0.25) is 14.4 Å². The molecule has 0 bridgehead atoms. The number of carbonyl (C=O) groups excluding carboxylic acids is 2. The molecule has 0 aliphatic heterocycles. The molecule has 2 amide bonds. The van der Waals surface area contributed by atoms with Gasteiger partial charge in [0, 0.05) is 37.1 Å². The highest BCUT2D eigenvalue weighted by atomic mass is 16.2. The number of anilines is 1. The number of amides is 2. The van der Waals surface area contributed by atoms with Crippen LogP contribution in [-0.4, -0.2) is 34.4 Å². The zero-order valence-electron chi connectivity index (χ0n) is 14.8. The number of nitrogens with zero attached hydrogens (tertiary/aromatic N) is 2. The smallest absolute Gasteiger partial charge is 0.254 e. The number of rotatable bonds is 6. The van der Waals surface area contributed by atoms with E-state index >= 15 is 0 Å². The van der Waals surface area contributed by atoms with Crippen LogP contribution in [0, 0.1) is 6.92 Å². The van der Waals surface area contributed by atoms with E-state index in [2.05, 4.69) is 5.32 Å². The van der Waals surface area contributed by atoms with Crippen LogP contribution in [-0.2, 0) is 11.8 Å². The monoisotopic (exact) mass is 341 g/mol. The van der Waals surface area contributed by atoms with Gasteiger partial charge in [-0.25, -0.2) is 0 Å². The fourth-order valence-corrected chi connectivity index (χ4v) is 2.46. The third-order valence-corrected chi connectivity index (χ3v) is 3.89. The minimum absolute atomic E-state index is 0.0593. The zero-order valence-corrected chi connectivity index (χ0v) is 14.8. The van der Waals surface area contributed by atoms with Crippen LogP contribution in [0.1, 0.15) is 29.3 Å². The van der Waals surface area contributed by atoms with E-state index in [4.69, 9.17) is 0 Å². The molecule has 0 aliphatic rings. The highest BCUT2D eigenvalue weighted by Crippen LogP contribution is 2.13. The highest BCUT2D eigenvalue weighted by molar-refractivity contribution is 5.99. The Kier molecular flexibility index (Phi) is 6.11. The first-order valence-electron chi connectivity index (χ1n) is 8.23. The Hall–Kier alpha value is -2.89. The number of hydrogen-bond acceptors (Lipinski definition) is 3. The van der Waals surface area contributed by atoms with E-state index in [0.29, 0.717) is 18.5 Å². The number of pyridine rings is 1. The average molecular weight is 341 g/mol. The van der Waals surface area contributed by atoms with Crippen molar-refractivity contribution in [3.63, 3.8) is 0 Å². The first-order valence-corrected chi connectivity index (χ1v) is 8.23. The Morgan fingerprint density at radius 1 is 1.20 bits per heavy atom. The van der Waals surface area contributed by atoms with E-state index in [1.165, 1.54) is 15.5 Å². The second kappa shape index (κ2) is 8.28. The molecule has 2 rings (SSSR count). The molecule has 132 valence electrons. The molecule has 0 unspecified atom stereocenters. The van der Waals surface area contributed by atoms with Crippen LogP contribution in [0.4, 0.5) is 5.69 Å². The lowest BCUT2D eigenvalue weighted by molar-refractivity contribution is -0.116. The predicted octanol–water partition coefficient (Wildman–Crippen LogP) is 2.18. The molecule has 0 saturated heterocycles. The molecule has 1 aromatic carbocycles. The molecular formula is C19H23N3O3. The summed E-state index contributed by atoms with van der Waals surface area (Å²) in [5.41, 5.74) is 1.72.